The van der Waals surface area contributed by atoms with E-state index in [1.165, 1.54) is 19.2 Å². The Morgan fingerprint density at radius 1 is 1.59 bits per heavy atom. The Morgan fingerprint density at radius 2 is 2.29 bits per heavy atom. The van der Waals surface area contributed by atoms with Gasteiger partial charge in [0, 0.05) is 5.56 Å². The van der Waals surface area contributed by atoms with Gasteiger partial charge >= 0.3 is 5.97 Å². The van der Waals surface area contributed by atoms with E-state index in [2.05, 4.69) is 5.16 Å². The molecule has 0 fully saturated rings. The number of ether oxygens (including phenoxy) is 2. The van der Waals surface area contributed by atoms with Crippen LogP contribution in [0.4, 0.5) is 0 Å². The van der Waals surface area contributed by atoms with E-state index in [0.29, 0.717) is 5.56 Å². The van der Waals surface area contributed by atoms with E-state index in [1.807, 2.05) is 0 Å². The van der Waals surface area contributed by atoms with Crippen LogP contribution in [0.1, 0.15) is 5.56 Å². The summed E-state index contributed by atoms with van der Waals surface area (Å²) in [5, 5.41) is 19.9. The molecule has 0 amide bonds. The zero-order valence-electron chi connectivity index (χ0n) is 8.88. The first-order chi connectivity index (χ1) is 8.08. The monoisotopic (exact) mass is 259 g/mol. The van der Waals surface area contributed by atoms with Crippen LogP contribution in [0.25, 0.3) is 0 Å². The maximum Gasteiger partial charge on any atom is 0.341 e. The third kappa shape index (κ3) is 3.53. The maximum absolute atomic E-state index is 10.4. The summed E-state index contributed by atoms with van der Waals surface area (Å²) >= 11 is 5.89. The van der Waals surface area contributed by atoms with Crippen molar-refractivity contribution in [3.63, 3.8) is 0 Å². The van der Waals surface area contributed by atoms with Crippen LogP contribution < -0.4 is 9.47 Å². The first-order valence-electron chi connectivity index (χ1n) is 4.48. The van der Waals surface area contributed by atoms with Crippen LogP contribution in [0.2, 0.25) is 5.02 Å². The van der Waals surface area contributed by atoms with E-state index in [-0.39, 0.29) is 16.5 Å². The average molecular weight is 260 g/mol. The van der Waals surface area contributed by atoms with Crippen molar-refractivity contribution >= 4 is 23.8 Å². The molecule has 0 heterocycles. The SMILES string of the molecule is COc1cc(C=NO)cc(Cl)c1OCC(=O)O. The summed E-state index contributed by atoms with van der Waals surface area (Å²) in [4.78, 5) is 10.4. The lowest BCUT2D eigenvalue weighted by molar-refractivity contribution is -0.139. The Hall–Kier alpha value is -1.95. The molecule has 0 aliphatic heterocycles. The van der Waals surface area contributed by atoms with E-state index in [4.69, 9.17) is 31.4 Å². The van der Waals surface area contributed by atoms with Crippen LogP contribution >= 0.6 is 11.6 Å². The number of carbonyl (C=O) groups is 1. The molecule has 0 aliphatic carbocycles. The Kier molecular flexibility index (Phi) is 4.59. The molecule has 0 saturated carbocycles. The molecule has 0 saturated heterocycles. The van der Waals surface area contributed by atoms with Gasteiger partial charge in [-0.1, -0.05) is 16.8 Å². The molecule has 0 bridgehead atoms. The molecule has 0 aliphatic rings. The first-order valence-corrected chi connectivity index (χ1v) is 4.85. The fourth-order valence-corrected chi connectivity index (χ4v) is 1.43. The minimum Gasteiger partial charge on any atom is -0.493 e. The first kappa shape index (κ1) is 13.1. The van der Waals surface area contributed by atoms with E-state index in [9.17, 15) is 4.79 Å². The van der Waals surface area contributed by atoms with Crippen molar-refractivity contribution in [1.82, 2.24) is 0 Å². The van der Waals surface area contributed by atoms with E-state index >= 15 is 0 Å². The summed E-state index contributed by atoms with van der Waals surface area (Å²) in [6.07, 6.45) is 1.16. The number of benzene rings is 1. The minimum atomic E-state index is -1.12. The lowest BCUT2D eigenvalue weighted by Crippen LogP contribution is -2.10. The van der Waals surface area contributed by atoms with Crippen molar-refractivity contribution in [2.45, 2.75) is 0 Å². The number of halogens is 1. The molecule has 1 aromatic carbocycles. The second-order valence-electron chi connectivity index (χ2n) is 2.96. The number of oxime groups is 1. The van der Waals surface area contributed by atoms with E-state index < -0.39 is 12.6 Å². The largest absolute Gasteiger partial charge is 0.493 e. The van der Waals surface area contributed by atoms with Crippen molar-refractivity contribution in [1.29, 1.82) is 0 Å². The molecule has 0 aromatic heterocycles. The maximum atomic E-state index is 10.4. The quantitative estimate of drug-likeness (QED) is 0.477. The Balaban J connectivity index is 3.07. The van der Waals surface area contributed by atoms with Gasteiger partial charge in [0.2, 0.25) is 0 Å². The van der Waals surface area contributed by atoms with Gasteiger partial charge < -0.3 is 19.8 Å². The lowest BCUT2D eigenvalue weighted by atomic mass is 10.2. The van der Waals surface area contributed by atoms with Crippen molar-refractivity contribution in [3.05, 3.63) is 22.7 Å². The third-order valence-corrected chi connectivity index (χ3v) is 2.08. The summed E-state index contributed by atoms with van der Waals surface area (Å²) in [5.74, 6) is -0.732. The lowest BCUT2D eigenvalue weighted by Gasteiger charge is -2.11. The predicted octanol–water partition coefficient (Wildman–Crippen LogP) is 1.62. The number of aliphatic carboxylic acids is 1. The Labute approximate surface area is 102 Å². The highest BCUT2D eigenvalue weighted by atomic mass is 35.5. The summed E-state index contributed by atoms with van der Waals surface area (Å²) < 4.78 is 9.99. The predicted molar refractivity (Wildman–Crippen MR) is 60.5 cm³/mol. The molecule has 1 aromatic rings. The fourth-order valence-electron chi connectivity index (χ4n) is 1.15. The number of methoxy groups -OCH3 is 1. The molecule has 1 rings (SSSR count). The van der Waals surface area contributed by atoms with E-state index in [0.717, 1.165) is 6.21 Å². The molecule has 0 unspecified atom stereocenters. The second kappa shape index (κ2) is 5.95. The highest BCUT2D eigenvalue weighted by molar-refractivity contribution is 6.32. The van der Waals surface area contributed by atoms with Crippen LogP contribution in [0.5, 0.6) is 11.5 Å². The van der Waals surface area contributed by atoms with Crippen LogP contribution in [0, 0.1) is 0 Å². The van der Waals surface area contributed by atoms with E-state index in [1.54, 1.807) is 0 Å². The van der Waals surface area contributed by atoms with Crippen LogP contribution in [0.3, 0.4) is 0 Å². The number of carboxylic acid groups (broad SMARTS) is 1. The van der Waals surface area contributed by atoms with Gasteiger partial charge in [0.05, 0.1) is 18.3 Å². The molecule has 0 spiro atoms. The normalized spacial score (nSPS) is 10.5. The fraction of sp³-hybridized carbons (Fsp3) is 0.200. The average Bonchev–Trinajstić information content (AvgIpc) is 2.27. The van der Waals surface area contributed by atoms with Crippen LogP contribution in [0.15, 0.2) is 17.3 Å². The van der Waals surface area contributed by atoms with Gasteiger partial charge in [0.25, 0.3) is 0 Å². The van der Waals surface area contributed by atoms with Gasteiger partial charge in [-0.3, -0.25) is 0 Å². The second-order valence-corrected chi connectivity index (χ2v) is 3.37. The number of carboxylic acids is 1. The van der Waals surface area contributed by atoms with Crippen molar-refractivity contribution in [2.24, 2.45) is 5.16 Å². The molecule has 6 nitrogen and oxygen atoms in total. The van der Waals surface area contributed by atoms with Crippen LogP contribution in [-0.2, 0) is 4.79 Å². The summed E-state index contributed by atoms with van der Waals surface area (Å²) in [6.45, 7) is -0.524. The molecule has 92 valence electrons. The number of nitrogens with zero attached hydrogens (tertiary/aromatic N) is 1. The number of hydrogen-bond donors (Lipinski definition) is 2. The summed E-state index contributed by atoms with van der Waals surface area (Å²) in [6, 6.07) is 2.96. The molecule has 17 heavy (non-hydrogen) atoms. The molecular formula is C10H10ClNO5. The van der Waals surface area contributed by atoms with Gasteiger partial charge in [-0.15, -0.1) is 0 Å². The van der Waals surface area contributed by atoms with Crippen molar-refractivity contribution in [3.8, 4) is 11.5 Å². The van der Waals surface area contributed by atoms with Crippen LogP contribution in [-0.4, -0.2) is 36.2 Å². The smallest absolute Gasteiger partial charge is 0.341 e. The molecule has 7 heteroatoms. The number of rotatable bonds is 5. The highest BCUT2D eigenvalue weighted by Crippen LogP contribution is 2.35. The van der Waals surface area contributed by atoms with Crippen molar-refractivity contribution in [2.75, 3.05) is 13.7 Å². The van der Waals surface area contributed by atoms with Gasteiger partial charge in [0.15, 0.2) is 18.1 Å². The molecule has 2 N–H and O–H groups in total. The number of hydrogen-bond acceptors (Lipinski definition) is 5. The Morgan fingerprint density at radius 3 is 2.82 bits per heavy atom. The summed E-state index contributed by atoms with van der Waals surface area (Å²) in [5.41, 5.74) is 0.497. The Bertz CT molecular complexity index is 447. The minimum absolute atomic E-state index is 0.131. The van der Waals surface area contributed by atoms with Gasteiger partial charge in [-0.05, 0) is 12.1 Å². The van der Waals surface area contributed by atoms with Gasteiger partial charge in [-0.2, -0.15) is 0 Å². The van der Waals surface area contributed by atoms with Crippen molar-refractivity contribution < 1.29 is 24.6 Å². The van der Waals surface area contributed by atoms with Gasteiger partial charge in [0.1, 0.15) is 0 Å². The zero-order chi connectivity index (χ0) is 12.8. The standard InChI is InChI=1S/C10H10ClNO5/c1-16-8-3-6(4-12-15)2-7(11)10(8)17-5-9(13)14/h2-4,15H,5H2,1H3,(H,13,14). The third-order valence-electron chi connectivity index (χ3n) is 1.80. The molecule has 0 atom stereocenters. The molecular weight excluding hydrogens is 250 g/mol. The zero-order valence-corrected chi connectivity index (χ0v) is 9.64. The molecule has 0 radical (unpaired) electrons. The topological polar surface area (TPSA) is 88.4 Å². The van der Waals surface area contributed by atoms with Gasteiger partial charge in [-0.25, -0.2) is 4.79 Å². The summed E-state index contributed by atoms with van der Waals surface area (Å²) in [7, 11) is 1.39. The highest BCUT2D eigenvalue weighted by Gasteiger charge is 2.12.